The summed E-state index contributed by atoms with van der Waals surface area (Å²) in [4.78, 5) is 18.9. The Kier molecular flexibility index (Phi) is 6.00. The molecule has 5 aromatic rings. The van der Waals surface area contributed by atoms with Gasteiger partial charge in [0.2, 0.25) is 0 Å². The number of rotatable bonds is 4. The molecule has 1 aliphatic rings. The minimum Gasteiger partial charge on any atom is -0.410 e. The highest BCUT2D eigenvalue weighted by molar-refractivity contribution is 7.99. The summed E-state index contributed by atoms with van der Waals surface area (Å²) in [6.07, 6.45) is 7.35. The van der Waals surface area contributed by atoms with Crippen LogP contribution in [-0.4, -0.2) is 50.1 Å². The molecule has 4 heterocycles. The molecule has 7 nitrogen and oxygen atoms in total. The fourth-order valence-corrected chi connectivity index (χ4v) is 6.26. The van der Waals surface area contributed by atoms with E-state index in [4.69, 9.17) is 0 Å². The van der Waals surface area contributed by atoms with Gasteiger partial charge in [-0.15, -0.1) is 11.8 Å². The molecule has 1 amide bonds. The molecule has 6 rings (SSSR count). The van der Waals surface area contributed by atoms with Crippen molar-refractivity contribution in [3.63, 3.8) is 0 Å². The second kappa shape index (κ2) is 9.50. The zero-order valence-electron chi connectivity index (χ0n) is 20.7. The van der Waals surface area contributed by atoms with Crippen molar-refractivity contribution in [2.75, 3.05) is 14.1 Å². The first kappa shape index (κ1) is 24.0. The zero-order chi connectivity index (χ0) is 26.4. The van der Waals surface area contributed by atoms with Crippen LogP contribution in [0.1, 0.15) is 27.8 Å². The van der Waals surface area contributed by atoms with Crippen LogP contribution in [0.25, 0.3) is 22.0 Å². The number of halogens is 1. The number of nitrogens with zero attached hydrogens (tertiary/aromatic N) is 5. The number of hydrogen-bond acceptors (Lipinski definition) is 5. The smallest absolute Gasteiger partial charge is 0.328 e. The fraction of sp³-hybridized carbons (Fsp3) is 0.138. The van der Waals surface area contributed by atoms with E-state index in [0.717, 1.165) is 39.1 Å². The highest BCUT2D eigenvalue weighted by Crippen LogP contribution is 2.43. The number of carbonyl (C=O) groups is 1. The van der Waals surface area contributed by atoms with Crippen LogP contribution in [0.15, 0.2) is 90.6 Å². The number of amides is 1. The van der Waals surface area contributed by atoms with E-state index in [1.54, 1.807) is 55.0 Å². The Bertz CT molecular complexity index is 1690. The predicted molar refractivity (Wildman–Crippen MR) is 147 cm³/mol. The summed E-state index contributed by atoms with van der Waals surface area (Å²) in [5.41, 5.74) is 6.34. The Morgan fingerprint density at radius 1 is 1.11 bits per heavy atom. The third-order valence-electron chi connectivity index (χ3n) is 6.81. The SMILES string of the molecule is CN(C)C(=O)n1cc(/C(=N/O)c2ccn3c2CS[C@@H]3c2cccnc2)c2ccc(-c3ccc(F)cc3)cc21. The molecule has 190 valence electrons. The number of aromatic nitrogens is 3. The summed E-state index contributed by atoms with van der Waals surface area (Å²) >= 11 is 1.78. The van der Waals surface area contributed by atoms with Gasteiger partial charge >= 0.3 is 6.03 Å². The van der Waals surface area contributed by atoms with E-state index in [9.17, 15) is 14.4 Å². The molecule has 1 atom stereocenters. The molecule has 0 unspecified atom stereocenters. The normalized spacial score (nSPS) is 15.1. The first-order chi connectivity index (χ1) is 18.5. The minimum atomic E-state index is -0.309. The van der Waals surface area contributed by atoms with Gasteiger partial charge in [0.15, 0.2) is 0 Å². The van der Waals surface area contributed by atoms with E-state index >= 15 is 0 Å². The van der Waals surface area contributed by atoms with Crippen molar-refractivity contribution in [2.45, 2.75) is 11.1 Å². The number of benzene rings is 2. The van der Waals surface area contributed by atoms with Crippen LogP contribution in [0.3, 0.4) is 0 Å². The average molecular weight is 526 g/mol. The van der Waals surface area contributed by atoms with Crippen LogP contribution in [-0.2, 0) is 5.75 Å². The maximum atomic E-state index is 13.5. The Labute approximate surface area is 222 Å². The van der Waals surface area contributed by atoms with Gasteiger partial charge in [0.25, 0.3) is 0 Å². The van der Waals surface area contributed by atoms with E-state index in [0.29, 0.717) is 16.8 Å². The maximum absolute atomic E-state index is 13.5. The van der Waals surface area contributed by atoms with Gasteiger partial charge in [0.1, 0.15) is 16.9 Å². The number of carbonyl (C=O) groups excluding carboxylic acids is 1. The lowest BCUT2D eigenvalue weighted by Gasteiger charge is -2.12. The van der Waals surface area contributed by atoms with Crippen molar-refractivity contribution in [1.82, 2.24) is 19.0 Å². The lowest BCUT2D eigenvalue weighted by atomic mass is 9.99. The molecule has 0 saturated carbocycles. The van der Waals surface area contributed by atoms with E-state index in [1.165, 1.54) is 17.0 Å². The topological polar surface area (TPSA) is 75.7 Å². The summed E-state index contributed by atoms with van der Waals surface area (Å²) in [6, 6.07) is 17.7. The molecular weight excluding hydrogens is 501 g/mol. The lowest BCUT2D eigenvalue weighted by molar-refractivity contribution is 0.220. The summed E-state index contributed by atoms with van der Waals surface area (Å²) < 4.78 is 17.2. The standard InChI is InChI=1S/C29H24FN5O2S/c1-33(2)29(36)35-16-24(22-10-7-19(14-25(22)35)18-5-8-21(30)9-6-18)27(32-37)23-11-13-34-26(23)17-38-28(34)20-4-3-12-31-15-20/h3-16,28,37H,17H2,1-2H3/b32-27+/t28-/m1/s1. The van der Waals surface area contributed by atoms with E-state index in [2.05, 4.69) is 20.8 Å². The molecule has 1 aliphatic heterocycles. The van der Waals surface area contributed by atoms with Crippen molar-refractivity contribution in [2.24, 2.45) is 5.16 Å². The average Bonchev–Trinajstić information content (AvgIpc) is 3.64. The van der Waals surface area contributed by atoms with Gasteiger partial charge in [-0.1, -0.05) is 35.5 Å². The lowest BCUT2D eigenvalue weighted by Crippen LogP contribution is -2.26. The second-order valence-electron chi connectivity index (χ2n) is 9.31. The summed E-state index contributed by atoms with van der Waals surface area (Å²) in [7, 11) is 3.38. The highest BCUT2D eigenvalue weighted by atomic mass is 32.2. The van der Waals surface area contributed by atoms with Gasteiger partial charge < -0.3 is 14.7 Å². The minimum absolute atomic E-state index is 0.0855. The summed E-state index contributed by atoms with van der Waals surface area (Å²) in [5.74, 6) is 0.432. The molecule has 1 N–H and O–H groups in total. The highest BCUT2D eigenvalue weighted by Gasteiger charge is 2.30. The number of oxime groups is 1. The number of thioether (sulfide) groups is 1. The third kappa shape index (κ3) is 3.95. The molecule has 0 radical (unpaired) electrons. The molecule has 0 saturated heterocycles. The van der Waals surface area contributed by atoms with Gasteiger partial charge in [0, 0.05) is 72.4 Å². The van der Waals surface area contributed by atoms with E-state index in [-0.39, 0.29) is 17.2 Å². The quantitative estimate of drug-likeness (QED) is 0.172. The van der Waals surface area contributed by atoms with Gasteiger partial charge in [-0.25, -0.2) is 9.18 Å². The molecule has 0 bridgehead atoms. The Morgan fingerprint density at radius 2 is 1.89 bits per heavy atom. The van der Waals surface area contributed by atoms with E-state index < -0.39 is 0 Å². The molecule has 0 fully saturated rings. The first-order valence-electron chi connectivity index (χ1n) is 12.0. The van der Waals surface area contributed by atoms with Crippen molar-refractivity contribution < 1.29 is 14.4 Å². The van der Waals surface area contributed by atoms with Crippen molar-refractivity contribution in [3.05, 3.63) is 114 Å². The van der Waals surface area contributed by atoms with Gasteiger partial charge in [-0.2, -0.15) is 0 Å². The van der Waals surface area contributed by atoms with Crippen molar-refractivity contribution in [3.8, 4) is 11.1 Å². The van der Waals surface area contributed by atoms with Crippen LogP contribution < -0.4 is 0 Å². The predicted octanol–water partition coefficient (Wildman–Crippen LogP) is 6.19. The third-order valence-corrected chi connectivity index (χ3v) is 8.06. The molecule has 9 heteroatoms. The van der Waals surface area contributed by atoms with Crippen molar-refractivity contribution >= 4 is 34.4 Å². The first-order valence-corrected chi connectivity index (χ1v) is 13.1. The van der Waals surface area contributed by atoms with Crippen LogP contribution >= 0.6 is 11.8 Å². The molecule has 38 heavy (non-hydrogen) atoms. The summed E-state index contributed by atoms with van der Waals surface area (Å²) in [5, 5.41) is 14.9. The molecule has 2 aromatic carbocycles. The number of hydrogen-bond donors (Lipinski definition) is 1. The Balaban J connectivity index is 1.48. The Hall–Kier alpha value is -4.37. The molecule has 0 aliphatic carbocycles. The van der Waals surface area contributed by atoms with Crippen LogP contribution in [0, 0.1) is 5.82 Å². The van der Waals surface area contributed by atoms with E-state index in [1.807, 2.05) is 42.7 Å². The number of pyridine rings is 1. The molecule has 3 aromatic heterocycles. The van der Waals surface area contributed by atoms with Gasteiger partial charge in [0.05, 0.1) is 5.52 Å². The maximum Gasteiger partial charge on any atom is 0.328 e. The van der Waals surface area contributed by atoms with Crippen LogP contribution in [0.2, 0.25) is 0 Å². The van der Waals surface area contributed by atoms with Gasteiger partial charge in [-0.3, -0.25) is 9.55 Å². The molecular formula is C29H24FN5O2S. The zero-order valence-corrected chi connectivity index (χ0v) is 21.6. The van der Waals surface area contributed by atoms with Crippen LogP contribution in [0.5, 0.6) is 0 Å². The second-order valence-corrected chi connectivity index (χ2v) is 10.4. The number of fused-ring (bicyclic) bond motifs is 2. The van der Waals surface area contributed by atoms with Crippen LogP contribution in [0.4, 0.5) is 9.18 Å². The fourth-order valence-electron chi connectivity index (χ4n) is 4.95. The monoisotopic (exact) mass is 525 g/mol. The Morgan fingerprint density at radius 3 is 2.61 bits per heavy atom. The molecule has 0 spiro atoms. The van der Waals surface area contributed by atoms with Crippen molar-refractivity contribution in [1.29, 1.82) is 0 Å². The summed E-state index contributed by atoms with van der Waals surface area (Å²) in [6.45, 7) is 0. The largest absolute Gasteiger partial charge is 0.410 e. The van der Waals surface area contributed by atoms with Gasteiger partial charge in [-0.05, 0) is 41.5 Å².